The van der Waals surface area contributed by atoms with Gasteiger partial charge in [-0.25, -0.2) is 9.97 Å². The average Bonchev–Trinajstić information content (AvgIpc) is 3.25. The maximum atomic E-state index is 12.8. The van der Waals surface area contributed by atoms with Crippen LogP contribution in [-0.4, -0.2) is 37.3 Å². The first kappa shape index (κ1) is 16.1. The highest BCUT2D eigenvalue weighted by atomic mass is 19.4. The summed E-state index contributed by atoms with van der Waals surface area (Å²) in [5.41, 5.74) is 1.24. The molecule has 0 radical (unpaired) electrons. The number of nitrogens with one attached hydrogen (secondary N) is 1. The van der Waals surface area contributed by atoms with Gasteiger partial charge in [0, 0.05) is 37.1 Å². The molecule has 25 heavy (non-hydrogen) atoms. The molecule has 0 aromatic carbocycles. The lowest BCUT2D eigenvalue weighted by Gasteiger charge is -2.32. The Bertz CT molecular complexity index is 866. The van der Waals surface area contributed by atoms with Gasteiger partial charge in [-0.15, -0.1) is 0 Å². The van der Waals surface area contributed by atoms with Crippen molar-refractivity contribution >= 4 is 5.65 Å². The van der Waals surface area contributed by atoms with Crippen molar-refractivity contribution in [2.45, 2.75) is 31.5 Å². The normalized spacial score (nSPS) is 19.6. The van der Waals surface area contributed by atoms with Crippen LogP contribution in [0.25, 0.3) is 5.65 Å². The van der Waals surface area contributed by atoms with E-state index in [1.54, 1.807) is 6.20 Å². The Labute approximate surface area is 142 Å². The first-order valence-corrected chi connectivity index (χ1v) is 8.26. The SMILES string of the molecule is FC(F)(F)c1cnc([C@@H]2CCCN(Cc3cccc4nccn34)C2)[nH]1. The van der Waals surface area contributed by atoms with Crippen LogP contribution in [0.5, 0.6) is 0 Å². The van der Waals surface area contributed by atoms with Crippen LogP contribution in [0.3, 0.4) is 0 Å². The van der Waals surface area contributed by atoms with Gasteiger partial charge < -0.3 is 9.38 Å². The molecule has 1 fully saturated rings. The second kappa shape index (κ2) is 6.18. The van der Waals surface area contributed by atoms with Gasteiger partial charge >= 0.3 is 6.18 Å². The number of hydrogen-bond donors (Lipinski definition) is 1. The van der Waals surface area contributed by atoms with Crippen LogP contribution in [0, 0.1) is 0 Å². The molecule has 1 aliphatic rings. The van der Waals surface area contributed by atoms with E-state index in [1.807, 2.05) is 28.8 Å². The third-order valence-corrected chi connectivity index (χ3v) is 4.69. The van der Waals surface area contributed by atoms with E-state index in [0.717, 1.165) is 43.5 Å². The minimum Gasteiger partial charge on any atom is -0.338 e. The Morgan fingerprint density at radius 1 is 1.24 bits per heavy atom. The predicted octanol–water partition coefficient (Wildman–Crippen LogP) is 3.46. The monoisotopic (exact) mass is 349 g/mol. The number of hydrogen-bond acceptors (Lipinski definition) is 3. The van der Waals surface area contributed by atoms with Gasteiger partial charge in [-0.2, -0.15) is 13.2 Å². The van der Waals surface area contributed by atoms with Crippen LogP contribution in [0.15, 0.2) is 36.8 Å². The maximum absolute atomic E-state index is 12.8. The quantitative estimate of drug-likeness (QED) is 0.788. The molecule has 132 valence electrons. The van der Waals surface area contributed by atoms with E-state index in [9.17, 15) is 13.2 Å². The second-order valence-electron chi connectivity index (χ2n) is 6.43. The fraction of sp³-hybridized carbons (Fsp3) is 0.412. The summed E-state index contributed by atoms with van der Waals surface area (Å²) in [6, 6.07) is 5.97. The van der Waals surface area contributed by atoms with Crippen molar-refractivity contribution in [1.82, 2.24) is 24.3 Å². The molecule has 0 bridgehead atoms. The van der Waals surface area contributed by atoms with Crippen molar-refractivity contribution in [1.29, 1.82) is 0 Å². The number of aromatic amines is 1. The number of fused-ring (bicyclic) bond motifs is 1. The van der Waals surface area contributed by atoms with Gasteiger partial charge in [0.2, 0.25) is 0 Å². The van der Waals surface area contributed by atoms with Gasteiger partial charge in [0.25, 0.3) is 0 Å². The van der Waals surface area contributed by atoms with Crippen molar-refractivity contribution in [3.8, 4) is 0 Å². The summed E-state index contributed by atoms with van der Waals surface area (Å²) in [4.78, 5) is 13.0. The smallest absolute Gasteiger partial charge is 0.338 e. The molecule has 0 saturated carbocycles. The van der Waals surface area contributed by atoms with Gasteiger partial charge in [-0.05, 0) is 31.5 Å². The molecule has 8 heteroatoms. The number of likely N-dealkylation sites (tertiary alicyclic amines) is 1. The molecule has 0 spiro atoms. The van der Waals surface area contributed by atoms with Gasteiger partial charge in [-0.3, -0.25) is 4.90 Å². The highest BCUT2D eigenvalue weighted by Crippen LogP contribution is 2.31. The van der Waals surface area contributed by atoms with Gasteiger partial charge in [-0.1, -0.05) is 6.07 Å². The third-order valence-electron chi connectivity index (χ3n) is 4.69. The Morgan fingerprint density at radius 3 is 2.92 bits per heavy atom. The summed E-state index contributed by atoms with van der Waals surface area (Å²) in [6.45, 7) is 2.35. The number of halogens is 3. The van der Waals surface area contributed by atoms with E-state index < -0.39 is 11.9 Å². The molecule has 1 N–H and O–H groups in total. The van der Waals surface area contributed by atoms with E-state index >= 15 is 0 Å². The van der Waals surface area contributed by atoms with Gasteiger partial charge in [0.15, 0.2) is 0 Å². The summed E-state index contributed by atoms with van der Waals surface area (Å²) in [7, 11) is 0. The zero-order valence-corrected chi connectivity index (χ0v) is 13.5. The molecular weight excluding hydrogens is 331 g/mol. The number of nitrogens with zero attached hydrogens (tertiary/aromatic N) is 4. The summed E-state index contributed by atoms with van der Waals surface area (Å²) in [5.74, 6) is 0.421. The van der Waals surface area contributed by atoms with E-state index in [1.165, 1.54) is 0 Å². The molecule has 1 atom stereocenters. The van der Waals surface area contributed by atoms with Crippen LogP contribution < -0.4 is 0 Å². The van der Waals surface area contributed by atoms with Crippen LogP contribution in [0.2, 0.25) is 0 Å². The molecule has 0 amide bonds. The topological polar surface area (TPSA) is 49.2 Å². The highest BCUT2D eigenvalue weighted by Gasteiger charge is 2.34. The summed E-state index contributed by atoms with van der Waals surface area (Å²) in [6.07, 6.45) is 1.98. The number of pyridine rings is 1. The van der Waals surface area contributed by atoms with Crippen molar-refractivity contribution in [3.05, 3.63) is 54.0 Å². The molecule has 4 rings (SSSR count). The summed E-state index contributed by atoms with van der Waals surface area (Å²) < 4.78 is 40.3. The standard InChI is InChI=1S/C17H18F3N5/c18-17(19,20)14-9-22-16(23-14)12-3-2-7-24(10-12)11-13-4-1-5-15-21-6-8-25(13)15/h1,4-6,8-9,12H,2-3,7,10-11H2,(H,22,23)/t12-/m1/s1. The van der Waals surface area contributed by atoms with Crippen molar-refractivity contribution in [2.75, 3.05) is 13.1 Å². The zero-order chi connectivity index (χ0) is 17.4. The number of piperidine rings is 1. The Kier molecular flexibility index (Phi) is 3.99. The van der Waals surface area contributed by atoms with E-state index in [0.29, 0.717) is 12.4 Å². The fourth-order valence-electron chi connectivity index (χ4n) is 3.48. The first-order chi connectivity index (χ1) is 12.0. The van der Waals surface area contributed by atoms with Crippen LogP contribution in [-0.2, 0) is 12.7 Å². The first-order valence-electron chi connectivity index (χ1n) is 8.26. The van der Waals surface area contributed by atoms with Crippen molar-refractivity contribution in [2.24, 2.45) is 0 Å². The van der Waals surface area contributed by atoms with Gasteiger partial charge in [0.05, 0.1) is 6.20 Å². The molecule has 3 aromatic heterocycles. The van der Waals surface area contributed by atoms with E-state index in [4.69, 9.17) is 0 Å². The molecule has 0 unspecified atom stereocenters. The minimum atomic E-state index is -4.38. The van der Waals surface area contributed by atoms with Crippen LogP contribution >= 0.6 is 0 Å². The average molecular weight is 349 g/mol. The molecule has 4 heterocycles. The number of H-pyrrole nitrogens is 1. The largest absolute Gasteiger partial charge is 0.432 e. The number of aromatic nitrogens is 4. The lowest BCUT2D eigenvalue weighted by atomic mass is 9.97. The second-order valence-corrected chi connectivity index (χ2v) is 6.43. The Hall–Kier alpha value is -2.35. The minimum absolute atomic E-state index is 0.00756. The van der Waals surface area contributed by atoms with Crippen LogP contribution in [0.1, 0.15) is 36.0 Å². The lowest BCUT2D eigenvalue weighted by Crippen LogP contribution is -2.34. The molecule has 1 saturated heterocycles. The predicted molar refractivity (Wildman–Crippen MR) is 86.0 cm³/mol. The Morgan fingerprint density at radius 2 is 2.12 bits per heavy atom. The zero-order valence-electron chi connectivity index (χ0n) is 13.5. The maximum Gasteiger partial charge on any atom is 0.432 e. The van der Waals surface area contributed by atoms with Crippen molar-refractivity contribution < 1.29 is 13.2 Å². The molecule has 3 aromatic rings. The summed E-state index contributed by atoms with van der Waals surface area (Å²) in [5, 5.41) is 0. The van der Waals surface area contributed by atoms with Crippen LogP contribution in [0.4, 0.5) is 13.2 Å². The van der Waals surface area contributed by atoms with E-state index in [-0.39, 0.29) is 5.92 Å². The number of imidazole rings is 2. The van der Waals surface area contributed by atoms with E-state index in [2.05, 4.69) is 19.9 Å². The third kappa shape index (κ3) is 3.26. The summed E-state index contributed by atoms with van der Waals surface area (Å²) >= 11 is 0. The molecule has 5 nitrogen and oxygen atoms in total. The Balaban J connectivity index is 1.49. The highest BCUT2D eigenvalue weighted by molar-refractivity contribution is 5.39. The number of alkyl halides is 3. The molecule has 0 aliphatic carbocycles. The lowest BCUT2D eigenvalue weighted by molar-refractivity contribution is -0.141. The van der Waals surface area contributed by atoms with Gasteiger partial charge in [0.1, 0.15) is 17.2 Å². The number of rotatable bonds is 3. The fourth-order valence-corrected chi connectivity index (χ4v) is 3.48. The molecular formula is C17H18F3N5. The van der Waals surface area contributed by atoms with Crippen molar-refractivity contribution in [3.63, 3.8) is 0 Å². The molecule has 1 aliphatic heterocycles.